The molecular weight excluding hydrogens is 278 g/mol. The highest BCUT2D eigenvalue weighted by molar-refractivity contribution is 5.74. The molecule has 128 valence electrons. The number of amides is 2. The van der Waals surface area contributed by atoms with Crippen molar-refractivity contribution < 1.29 is 9.90 Å². The number of rotatable bonds is 6. The Balaban J connectivity index is 1.60. The second-order valence-electron chi connectivity index (χ2n) is 7.29. The third kappa shape index (κ3) is 5.76. The van der Waals surface area contributed by atoms with Gasteiger partial charge in [-0.3, -0.25) is 0 Å². The first-order valence-electron chi connectivity index (χ1n) is 9.01. The second-order valence-corrected chi connectivity index (χ2v) is 7.29. The maximum Gasteiger partial charge on any atom is 0.315 e. The Morgan fingerprint density at radius 3 is 2.41 bits per heavy atom. The number of hydrogen-bond donors (Lipinski definition) is 3. The fourth-order valence-corrected chi connectivity index (χ4v) is 3.85. The third-order valence-electron chi connectivity index (χ3n) is 5.06. The average Bonchev–Trinajstić information content (AvgIpc) is 2.99. The first-order chi connectivity index (χ1) is 10.5. The van der Waals surface area contributed by atoms with E-state index in [4.69, 9.17) is 0 Å². The van der Waals surface area contributed by atoms with Crippen LogP contribution in [0.4, 0.5) is 4.79 Å². The fourth-order valence-electron chi connectivity index (χ4n) is 3.85. The topological polar surface area (TPSA) is 64.6 Å². The number of likely N-dealkylation sites (tertiary alicyclic amines) is 1. The summed E-state index contributed by atoms with van der Waals surface area (Å²) in [6, 6.07) is 1.05. The number of hydrogen-bond acceptors (Lipinski definition) is 3. The fraction of sp³-hybridized carbons (Fsp3) is 0.941. The van der Waals surface area contributed by atoms with Crippen LogP contribution < -0.4 is 10.6 Å². The zero-order chi connectivity index (χ0) is 15.9. The van der Waals surface area contributed by atoms with E-state index in [1.807, 2.05) is 6.92 Å². The lowest BCUT2D eigenvalue weighted by Crippen LogP contribution is -2.50. The van der Waals surface area contributed by atoms with Gasteiger partial charge in [0.25, 0.3) is 0 Å². The van der Waals surface area contributed by atoms with Gasteiger partial charge in [0.15, 0.2) is 0 Å². The van der Waals surface area contributed by atoms with Crippen molar-refractivity contribution in [3.05, 3.63) is 0 Å². The predicted molar refractivity (Wildman–Crippen MR) is 88.8 cm³/mol. The molecule has 22 heavy (non-hydrogen) atoms. The number of nitrogens with one attached hydrogen (secondary N) is 2. The van der Waals surface area contributed by atoms with Crippen LogP contribution in [0.25, 0.3) is 0 Å². The molecule has 1 heterocycles. The number of aliphatic hydroxyl groups excluding tert-OH is 1. The molecule has 0 aromatic heterocycles. The molecule has 1 saturated heterocycles. The summed E-state index contributed by atoms with van der Waals surface area (Å²) < 4.78 is 0. The summed E-state index contributed by atoms with van der Waals surface area (Å²) in [5.41, 5.74) is 0. The van der Waals surface area contributed by atoms with Crippen molar-refractivity contribution in [3.63, 3.8) is 0 Å². The van der Waals surface area contributed by atoms with Gasteiger partial charge < -0.3 is 20.6 Å². The van der Waals surface area contributed by atoms with Gasteiger partial charge in [-0.15, -0.1) is 0 Å². The molecule has 0 aromatic carbocycles. The summed E-state index contributed by atoms with van der Waals surface area (Å²) in [5, 5.41) is 15.4. The van der Waals surface area contributed by atoms with Gasteiger partial charge in [0.05, 0.1) is 6.10 Å². The molecule has 2 aliphatic rings. The van der Waals surface area contributed by atoms with Gasteiger partial charge >= 0.3 is 6.03 Å². The minimum atomic E-state index is -0.306. The molecule has 2 rings (SSSR count). The quantitative estimate of drug-likeness (QED) is 0.704. The van der Waals surface area contributed by atoms with Gasteiger partial charge in [-0.2, -0.15) is 0 Å². The number of piperidine rings is 1. The van der Waals surface area contributed by atoms with Gasteiger partial charge in [-0.05, 0) is 44.9 Å². The molecule has 2 fully saturated rings. The highest BCUT2D eigenvalue weighted by Gasteiger charge is 2.27. The van der Waals surface area contributed by atoms with Crippen LogP contribution in [0.5, 0.6) is 0 Å². The first-order valence-corrected chi connectivity index (χ1v) is 9.01. The van der Waals surface area contributed by atoms with Crippen LogP contribution in [-0.4, -0.2) is 53.9 Å². The van der Waals surface area contributed by atoms with E-state index in [0.29, 0.717) is 18.5 Å². The van der Waals surface area contributed by atoms with Crippen LogP contribution >= 0.6 is 0 Å². The Bertz CT molecular complexity index is 335. The van der Waals surface area contributed by atoms with Crippen LogP contribution in [0.3, 0.4) is 0 Å². The van der Waals surface area contributed by atoms with Crippen molar-refractivity contribution in [2.45, 2.75) is 77.0 Å². The van der Waals surface area contributed by atoms with Crippen LogP contribution in [0.15, 0.2) is 0 Å². The number of aliphatic hydroxyl groups is 1. The summed E-state index contributed by atoms with van der Waals surface area (Å²) in [6.07, 6.45) is 8.03. The predicted octanol–water partition coefficient (Wildman–Crippen LogP) is 2.10. The van der Waals surface area contributed by atoms with Gasteiger partial charge in [0, 0.05) is 31.7 Å². The SMILES string of the molecule is CC(O)CC(C)CNC(=O)NC1CCN(C2CCCC2)CC1. The molecule has 2 unspecified atom stereocenters. The van der Waals surface area contributed by atoms with Gasteiger partial charge in [0.1, 0.15) is 0 Å². The zero-order valence-corrected chi connectivity index (χ0v) is 14.2. The van der Waals surface area contributed by atoms with Crippen molar-refractivity contribution in [1.82, 2.24) is 15.5 Å². The van der Waals surface area contributed by atoms with Crippen LogP contribution in [0, 0.1) is 5.92 Å². The van der Waals surface area contributed by atoms with Crippen LogP contribution in [0.2, 0.25) is 0 Å². The van der Waals surface area contributed by atoms with Crippen LogP contribution in [0.1, 0.15) is 58.8 Å². The molecule has 0 radical (unpaired) electrons. The summed E-state index contributed by atoms with van der Waals surface area (Å²) in [6.45, 7) is 6.70. The van der Waals surface area contributed by atoms with Crippen molar-refractivity contribution in [3.8, 4) is 0 Å². The van der Waals surface area contributed by atoms with E-state index in [2.05, 4.69) is 15.5 Å². The zero-order valence-electron chi connectivity index (χ0n) is 14.2. The summed E-state index contributed by atoms with van der Waals surface area (Å²) >= 11 is 0. The Morgan fingerprint density at radius 1 is 1.18 bits per heavy atom. The molecule has 0 spiro atoms. The second kappa shape index (κ2) is 8.73. The molecule has 2 atom stereocenters. The Morgan fingerprint density at radius 2 is 1.82 bits per heavy atom. The van der Waals surface area contributed by atoms with E-state index in [-0.39, 0.29) is 12.1 Å². The highest BCUT2D eigenvalue weighted by atomic mass is 16.3. The van der Waals surface area contributed by atoms with E-state index >= 15 is 0 Å². The number of urea groups is 1. The number of nitrogens with zero attached hydrogens (tertiary/aromatic N) is 1. The molecule has 1 aliphatic heterocycles. The van der Waals surface area contributed by atoms with Crippen molar-refractivity contribution in [2.75, 3.05) is 19.6 Å². The van der Waals surface area contributed by atoms with Gasteiger partial charge in [-0.1, -0.05) is 19.8 Å². The standard InChI is InChI=1S/C17H33N3O2/c1-13(11-14(2)21)12-18-17(22)19-15-7-9-20(10-8-15)16-5-3-4-6-16/h13-16,21H,3-12H2,1-2H3,(H2,18,19,22). The van der Waals surface area contributed by atoms with Crippen LogP contribution in [-0.2, 0) is 0 Å². The van der Waals surface area contributed by atoms with E-state index in [1.54, 1.807) is 6.92 Å². The lowest BCUT2D eigenvalue weighted by Gasteiger charge is -2.36. The smallest absolute Gasteiger partial charge is 0.315 e. The molecule has 1 saturated carbocycles. The monoisotopic (exact) mass is 311 g/mol. The van der Waals surface area contributed by atoms with E-state index in [9.17, 15) is 9.90 Å². The molecule has 1 aliphatic carbocycles. The normalized spacial score (nSPS) is 24.1. The molecular formula is C17H33N3O2. The van der Waals surface area contributed by atoms with E-state index in [1.165, 1.54) is 25.7 Å². The average molecular weight is 311 g/mol. The molecule has 0 aromatic rings. The highest BCUT2D eigenvalue weighted by Crippen LogP contribution is 2.26. The molecule has 3 N–H and O–H groups in total. The Hall–Kier alpha value is -0.810. The molecule has 2 amide bonds. The van der Waals surface area contributed by atoms with E-state index < -0.39 is 0 Å². The van der Waals surface area contributed by atoms with Crippen molar-refractivity contribution in [2.24, 2.45) is 5.92 Å². The van der Waals surface area contributed by atoms with Gasteiger partial charge in [-0.25, -0.2) is 4.79 Å². The Kier molecular flexibility index (Phi) is 6.96. The Labute approximate surface area is 134 Å². The number of carbonyl (C=O) groups excluding carboxylic acids is 1. The first kappa shape index (κ1) is 17.5. The molecule has 0 bridgehead atoms. The maximum atomic E-state index is 11.9. The van der Waals surface area contributed by atoms with Crippen molar-refractivity contribution in [1.29, 1.82) is 0 Å². The molecule has 5 heteroatoms. The maximum absolute atomic E-state index is 11.9. The third-order valence-corrected chi connectivity index (χ3v) is 5.06. The largest absolute Gasteiger partial charge is 0.393 e. The summed E-state index contributed by atoms with van der Waals surface area (Å²) in [7, 11) is 0. The number of carbonyl (C=O) groups is 1. The lowest BCUT2D eigenvalue weighted by molar-refractivity contribution is 0.145. The minimum absolute atomic E-state index is 0.0586. The molecule has 5 nitrogen and oxygen atoms in total. The summed E-state index contributed by atoms with van der Waals surface area (Å²) in [5.74, 6) is 0.301. The summed E-state index contributed by atoms with van der Waals surface area (Å²) in [4.78, 5) is 14.6. The van der Waals surface area contributed by atoms with E-state index in [0.717, 1.165) is 38.4 Å². The van der Waals surface area contributed by atoms with Gasteiger partial charge in [0.2, 0.25) is 0 Å². The lowest BCUT2D eigenvalue weighted by atomic mass is 10.0. The minimum Gasteiger partial charge on any atom is -0.393 e. The van der Waals surface area contributed by atoms with Crippen molar-refractivity contribution >= 4 is 6.03 Å².